The summed E-state index contributed by atoms with van der Waals surface area (Å²) in [6.45, 7) is 0.710. The van der Waals surface area contributed by atoms with Crippen LogP contribution in [0.25, 0.3) is 0 Å². The Morgan fingerprint density at radius 2 is 1.94 bits per heavy atom. The summed E-state index contributed by atoms with van der Waals surface area (Å²) in [5, 5.41) is 18.9. The van der Waals surface area contributed by atoms with E-state index in [2.05, 4.69) is 15.9 Å². The summed E-state index contributed by atoms with van der Waals surface area (Å²) in [5.74, 6) is -0.408. The van der Waals surface area contributed by atoms with E-state index in [0.29, 0.717) is 15.7 Å². The van der Waals surface area contributed by atoms with Crippen LogP contribution in [0.4, 0.5) is 10.1 Å². The van der Waals surface area contributed by atoms with Gasteiger partial charge in [-0.3, -0.25) is 0 Å². The van der Waals surface area contributed by atoms with Crippen molar-refractivity contribution in [1.82, 2.24) is 0 Å². The topological polar surface area (TPSA) is 69.7 Å². The average Bonchev–Trinajstić information content (AvgIpc) is 2.63. The molecule has 0 amide bonds. The maximum Gasteiger partial charge on any atom is 0.160 e. The molecule has 2 atom stereocenters. The Morgan fingerprint density at radius 3 is 2.47 bits per heavy atom. The third-order valence-corrected chi connectivity index (χ3v) is 3.82. The van der Waals surface area contributed by atoms with Gasteiger partial charge >= 0.3 is 0 Å². The maximum absolute atomic E-state index is 14.0. The minimum atomic E-state index is -0.831. The molecule has 0 aliphatic carbocycles. The molecule has 94 valence electrons. The van der Waals surface area contributed by atoms with Crippen LogP contribution in [0, 0.1) is 5.82 Å². The molecule has 6 heteroatoms. The SMILES string of the molecule is NCc1ccc(N2CC(O)C(O)C2)c(F)c1Br. The third-order valence-electron chi connectivity index (χ3n) is 2.96. The van der Waals surface area contributed by atoms with Gasteiger partial charge in [-0.2, -0.15) is 0 Å². The number of anilines is 1. The van der Waals surface area contributed by atoms with Gasteiger partial charge in [0, 0.05) is 19.6 Å². The molecule has 17 heavy (non-hydrogen) atoms. The number of hydrogen-bond acceptors (Lipinski definition) is 4. The van der Waals surface area contributed by atoms with E-state index in [0.717, 1.165) is 0 Å². The molecular weight excluding hydrogens is 291 g/mol. The van der Waals surface area contributed by atoms with Crippen molar-refractivity contribution in [1.29, 1.82) is 0 Å². The van der Waals surface area contributed by atoms with Crippen molar-refractivity contribution < 1.29 is 14.6 Å². The normalized spacial score (nSPS) is 24.4. The summed E-state index contributed by atoms with van der Waals surface area (Å²) in [7, 11) is 0. The number of nitrogens with two attached hydrogens (primary N) is 1. The monoisotopic (exact) mass is 304 g/mol. The quantitative estimate of drug-likeness (QED) is 0.748. The molecule has 0 radical (unpaired) electrons. The lowest BCUT2D eigenvalue weighted by Crippen LogP contribution is -2.22. The first-order valence-electron chi connectivity index (χ1n) is 5.32. The molecule has 1 fully saturated rings. The molecule has 1 aliphatic heterocycles. The summed E-state index contributed by atoms with van der Waals surface area (Å²) in [5.41, 5.74) is 6.53. The lowest BCUT2D eigenvalue weighted by Gasteiger charge is -2.19. The van der Waals surface area contributed by atoms with Gasteiger partial charge in [0.1, 0.15) is 0 Å². The standard InChI is InChI=1S/C11H14BrFN2O2/c12-10-6(3-14)1-2-7(11(10)13)15-4-8(16)9(17)5-15/h1-2,8-9,16-17H,3-5,14H2. The predicted octanol–water partition coefficient (Wildman–Crippen LogP) is 0.589. The number of halogens is 2. The summed E-state index contributed by atoms with van der Waals surface area (Å²) in [4.78, 5) is 1.62. The van der Waals surface area contributed by atoms with Gasteiger partial charge in [0.2, 0.25) is 0 Å². The summed E-state index contributed by atoms with van der Waals surface area (Å²) in [6.07, 6.45) is -1.66. The van der Waals surface area contributed by atoms with E-state index in [-0.39, 0.29) is 19.6 Å². The molecule has 1 heterocycles. The van der Waals surface area contributed by atoms with Gasteiger partial charge in [-0.1, -0.05) is 6.07 Å². The molecule has 0 saturated carbocycles. The second-order valence-corrected chi connectivity index (χ2v) is 4.91. The van der Waals surface area contributed by atoms with E-state index in [1.165, 1.54) is 0 Å². The molecule has 1 aromatic carbocycles. The number of β-amino-alcohol motifs (C(OH)–C–C–N with tert-alkyl or cyclic N) is 2. The second kappa shape index (κ2) is 4.89. The summed E-state index contributed by atoms with van der Waals surface area (Å²) >= 11 is 3.16. The first-order valence-corrected chi connectivity index (χ1v) is 6.12. The molecule has 1 aliphatic rings. The molecule has 1 aromatic rings. The number of aliphatic hydroxyl groups excluding tert-OH is 2. The number of hydrogen-bond donors (Lipinski definition) is 3. The van der Waals surface area contributed by atoms with Crippen LogP contribution in [-0.4, -0.2) is 35.5 Å². The van der Waals surface area contributed by atoms with Gasteiger partial charge in [-0.05, 0) is 27.6 Å². The van der Waals surface area contributed by atoms with Crippen molar-refractivity contribution in [3.05, 3.63) is 28.0 Å². The van der Waals surface area contributed by atoms with Crippen molar-refractivity contribution in [2.24, 2.45) is 5.73 Å². The Kier molecular flexibility index (Phi) is 3.67. The Hall–Kier alpha value is -0.690. The Morgan fingerprint density at radius 1 is 1.35 bits per heavy atom. The molecular formula is C11H14BrFN2O2. The van der Waals surface area contributed by atoms with Crippen LogP contribution in [0.15, 0.2) is 16.6 Å². The third kappa shape index (κ3) is 2.30. The molecule has 0 bridgehead atoms. The smallest absolute Gasteiger partial charge is 0.160 e. The molecule has 1 saturated heterocycles. The molecule has 2 rings (SSSR count). The molecule has 2 unspecified atom stereocenters. The highest BCUT2D eigenvalue weighted by Gasteiger charge is 2.31. The van der Waals surface area contributed by atoms with Gasteiger partial charge in [0.15, 0.2) is 5.82 Å². The lowest BCUT2D eigenvalue weighted by atomic mass is 10.2. The Labute approximate surface area is 107 Å². The van der Waals surface area contributed by atoms with Crippen molar-refractivity contribution in [2.45, 2.75) is 18.8 Å². The van der Waals surface area contributed by atoms with Crippen LogP contribution in [0.3, 0.4) is 0 Å². The van der Waals surface area contributed by atoms with Gasteiger partial charge in [-0.25, -0.2) is 4.39 Å². The van der Waals surface area contributed by atoms with E-state index < -0.39 is 18.0 Å². The number of benzene rings is 1. The second-order valence-electron chi connectivity index (χ2n) is 4.12. The number of rotatable bonds is 2. The van der Waals surface area contributed by atoms with Crippen LogP contribution in [0.1, 0.15) is 5.56 Å². The van der Waals surface area contributed by atoms with Crippen molar-refractivity contribution in [2.75, 3.05) is 18.0 Å². The first-order chi connectivity index (χ1) is 8.04. The molecule has 0 spiro atoms. The van der Waals surface area contributed by atoms with E-state index >= 15 is 0 Å². The summed E-state index contributed by atoms with van der Waals surface area (Å²) < 4.78 is 14.4. The van der Waals surface area contributed by atoms with E-state index in [1.54, 1.807) is 17.0 Å². The first kappa shape index (κ1) is 12.8. The van der Waals surface area contributed by atoms with Crippen LogP contribution in [-0.2, 0) is 6.54 Å². The highest BCUT2D eigenvalue weighted by Crippen LogP contribution is 2.31. The lowest BCUT2D eigenvalue weighted by molar-refractivity contribution is 0.0572. The number of aliphatic hydroxyl groups is 2. The minimum Gasteiger partial charge on any atom is -0.389 e. The molecule has 0 aromatic heterocycles. The van der Waals surface area contributed by atoms with Gasteiger partial charge in [0.05, 0.1) is 22.4 Å². The molecule has 4 nitrogen and oxygen atoms in total. The van der Waals surface area contributed by atoms with Crippen molar-refractivity contribution in [3.8, 4) is 0 Å². The fraction of sp³-hybridized carbons (Fsp3) is 0.455. The van der Waals surface area contributed by atoms with Gasteiger partial charge < -0.3 is 20.8 Å². The van der Waals surface area contributed by atoms with E-state index in [4.69, 9.17) is 5.73 Å². The van der Waals surface area contributed by atoms with E-state index in [9.17, 15) is 14.6 Å². The van der Waals surface area contributed by atoms with E-state index in [1.807, 2.05) is 0 Å². The van der Waals surface area contributed by atoms with Crippen LogP contribution < -0.4 is 10.6 Å². The number of nitrogens with zero attached hydrogens (tertiary/aromatic N) is 1. The Bertz CT molecular complexity index is 420. The molecule has 4 N–H and O–H groups in total. The van der Waals surface area contributed by atoms with Crippen molar-refractivity contribution in [3.63, 3.8) is 0 Å². The fourth-order valence-corrected chi connectivity index (χ4v) is 2.44. The largest absolute Gasteiger partial charge is 0.389 e. The zero-order valence-electron chi connectivity index (χ0n) is 9.11. The zero-order chi connectivity index (χ0) is 12.6. The van der Waals surface area contributed by atoms with Crippen molar-refractivity contribution >= 4 is 21.6 Å². The van der Waals surface area contributed by atoms with Crippen LogP contribution >= 0.6 is 15.9 Å². The average molecular weight is 305 g/mol. The maximum atomic E-state index is 14.0. The van der Waals surface area contributed by atoms with Crippen LogP contribution in [0.2, 0.25) is 0 Å². The zero-order valence-corrected chi connectivity index (χ0v) is 10.7. The highest BCUT2D eigenvalue weighted by atomic mass is 79.9. The van der Waals surface area contributed by atoms with Gasteiger partial charge in [0.25, 0.3) is 0 Å². The fourth-order valence-electron chi connectivity index (χ4n) is 1.95. The predicted molar refractivity (Wildman–Crippen MR) is 66.2 cm³/mol. The minimum absolute atomic E-state index is 0.229. The van der Waals surface area contributed by atoms with Gasteiger partial charge in [-0.15, -0.1) is 0 Å². The summed E-state index contributed by atoms with van der Waals surface area (Å²) in [6, 6.07) is 3.35. The van der Waals surface area contributed by atoms with Crippen LogP contribution in [0.5, 0.6) is 0 Å². The Balaban J connectivity index is 2.31. The highest BCUT2D eigenvalue weighted by molar-refractivity contribution is 9.10.